The van der Waals surface area contributed by atoms with Crippen molar-refractivity contribution in [1.29, 1.82) is 0 Å². The average molecular weight is 542 g/mol. The van der Waals surface area contributed by atoms with Gasteiger partial charge >= 0.3 is 6.18 Å². The van der Waals surface area contributed by atoms with Crippen LogP contribution in [0.25, 0.3) is 0 Å². The van der Waals surface area contributed by atoms with Crippen molar-refractivity contribution in [2.75, 3.05) is 39.3 Å². The van der Waals surface area contributed by atoms with Crippen LogP contribution in [0.3, 0.4) is 0 Å². The quantitative estimate of drug-likeness (QED) is 0.425. The van der Waals surface area contributed by atoms with Gasteiger partial charge in [0.25, 0.3) is 11.8 Å². The van der Waals surface area contributed by atoms with Crippen molar-refractivity contribution in [3.8, 4) is 5.75 Å². The molecule has 204 valence electrons. The molecule has 39 heavy (non-hydrogen) atoms. The second kappa shape index (κ2) is 11.1. The Hall–Kier alpha value is -3.92. The van der Waals surface area contributed by atoms with E-state index >= 15 is 0 Å². The fourth-order valence-electron chi connectivity index (χ4n) is 4.79. The SMILES string of the molecule is O=C(c1ccccc1)N1CCN(C2CN(C(=O)c3ccc(OCc4ccc(C(F)(F)F)cc4)c(F)c3)C2)CC1. The van der Waals surface area contributed by atoms with Gasteiger partial charge in [-0.15, -0.1) is 0 Å². The Balaban J connectivity index is 1.09. The summed E-state index contributed by atoms with van der Waals surface area (Å²) in [5.74, 6) is -1.06. The van der Waals surface area contributed by atoms with E-state index in [4.69, 9.17) is 4.74 Å². The predicted molar refractivity (Wildman–Crippen MR) is 136 cm³/mol. The number of halogens is 4. The minimum atomic E-state index is -4.43. The van der Waals surface area contributed by atoms with Gasteiger partial charge in [0.05, 0.1) is 5.56 Å². The third-order valence-electron chi connectivity index (χ3n) is 7.14. The maximum Gasteiger partial charge on any atom is 0.416 e. The van der Waals surface area contributed by atoms with Crippen LogP contribution >= 0.6 is 0 Å². The molecule has 2 fully saturated rings. The van der Waals surface area contributed by atoms with E-state index in [1.807, 2.05) is 35.2 Å². The zero-order chi connectivity index (χ0) is 27.6. The molecule has 0 N–H and O–H groups in total. The van der Waals surface area contributed by atoms with Gasteiger partial charge in [-0.05, 0) is 48.0 Å². The smallest absolute Gasteiger partial charge is 0.416 e. The lowest BCUT2D eigenvalue weighted by atomic mass is 10.0. The molecule has 3 aromatic rings. The molecule has 0 unspecified atom stereocenters. The third kappa shape index (κ3) is 6.06. The standard InChI is InChI=1S/C29H27F4N3O3/c30-25-16-22(8-11-26(25)39-19-20-6-9-23(10-7-20)29(31,32)33)28(38)36-17-24(18-36)34-12-14-35(15-13-34)27(37)21-4-2-1-3-5-21/h1-11,16,24H,12-15,17-19H2. The number of amides is 2. The van der Waals surface area contributed by atoms with Crippen molar-refractivity contribution in [3.05, 3.63) is 101 Å². The number of hydrogen-bond donors (Lipinski definition) is 0. The molecular formula is C29H27F4N3O3. The molecule has 0 aromatic heterocycles. The maximum absolute atomic E-state index is 14.6. The first-order valence-corrected chi connectivity index (χ1v) is 12.6. The van der Waals surface area contributed by atoms with Gasteiger partial charge in [0.2, 0.25) is 0 Å². The lowest BCUT2D eigenvalue weighted by molar-refractivity contribution is -0.137. The number of carbonyl (C=O) groups is 2. The van der Waals surface area contributed by atoms with Crippen LogP contribution in [0.15, 0.2) is 72.8 Å². The molecule has 2 heterocycles. The molecule has 0 spiro atoms. The molecule has 2 aliphatic heterocycles. The van der Waals surface area contributed by atoms with Crippen LogP contribution in [-0.2, 0) is 12.8 Å². The van der Waals surface area contributed by atoms with Crippen LogP contribution in [-0.4, -0.2) is 71.8 Å². The number of nitrogens with zero attached hydrogens (tertiary/aromatic N) is 3. The van der Waals surface area contributed by atoms with Crippen molar-refractivity contribution < 1.29 is 31.9 Å². The van der Waals surface area contributed by atoms with Gasteiger partial charge < -0.3 is 14.5 Å². The molecule has 0 aliphatic carbocycles. The van der Waals surface area contributed by atoms with E-state index in [2.05, 4.69) is 4.90 Å². The summed E-state index contributed by atoms with van der Waals surface area (Å²) in [6.45, 7) is 3.64. The molecule has 2 amide bonds. The molecule has 3 aromatic carbocycles. The number of likely N-dealkylation sites (tertiary alicyclic amines) is 1. The van der Waals surface area contributed by atoms with E-state index in [1.165, 1.54) is 24.3 Å². The van der Waals surface area contributed by atoms with Crippen LogP contribution in [0.4, 0.5) is 17.6 Å². The number of ether oxygens (including phenoxy) is 1. The molecule has 0 bridgehead atoms. The van der Waals surface area contributed by atoms with E-state index in [-0.39, 0.29) is 35.8 Å². The summed E-state index contributed by atoms with van der Waals surface area (Å²) < 4.78 is 58.1. The Bertz CT molecular complexity index is 1320. The van der Waals surface area contributed by atoms with Crippen molar-refractivity contribution >= 4 is 11.8 Å². The molecule has 2 saturated heterocycles. The summed E-state index contributed by atoms with van der Waals surface area (Å²) in [5, 5.41) is 0. The number of rotatable bonds is 6. The van der Waals surface area contributed by atoms with Crippen LogP contribution < -0.4 is 4.74 Å². The van der Waals surface area contributed by atoms with Gasteiger partial charge in [0, 0.05) is 56.4 Å². The lowest BCUT2D eigenvalue weighted by Gasteiger charge is -2.48. The van der Waals surface area contributed by atoms with Crippen LogP contribution in [0.5, 0.6) is 5.75 Å². The Labute approximate surface area is 223 Å². The first-order valence-electron chi connectivity index (χ1n) is 12.6. The monoisotopic (exact) mass is 541 g/mol. The van der Waals surface area contributed by atoms with Gasteiger partial charge in [0.15, 0.2) is 11.6 Å². The Morgan fingerprint density at radius 2 is 1.44 bits per heavy atom. The highest BCUT2D eigenvalue weighted by Crippen LogP contribution is 2.29. The summed E-state index contributed by atoms with van der Waals surface area (Å²) in [5.41, 5.74) is 0.564. The van der Waals surface area contributed by atoms with Crippen molar-refractivity contribution in [3.63, 3.8) is 0 Å². The fraction of sp³-hybridized carbons (Fsp3) is 0.310. The average Bonchev–Trinajstić information content (AvgIpc) is 2.91. The highest BCUT2D eigenvalue weighted by Gasteiger charge is 2.37. The molecule has 0 atom stereocenters. The number of hydrogen-bond acceptors (Lipinski definition) is 4. The number of piperazine rings is 1. The van der Waals surface area contributed by atoms with Gasteiger partial charge in [-0.1, -0.05) is 30.3 Å². The zero-order valence-corrected chi connectivity index (χ0v) is 21.0. The maximum atomic E-state index is 14.6. The zero-order valence-electron chi connectivity index (χ0n) is 21.0. The summed E-state index contributed by atoms with van der Waals surface area (Å²) in [7, 11) is 0. The summed E-state index contributed by atoms with van der Waals surface area (Å²) >= 11 is 0. The molecule has 0 saturated carbocycles. The second-order valence-corrected chi connectivity index (χ2v) is 9.69. The minimum absolute atomic E-state index is 0.0227. The van der Waals surface area contributed by atoms with Gasteiger partial charge in [-0.25, -0.2) is 4.39 Å². The predicted octanol–water partition coefficient (Wildman–Crippen LogP) is 4.71. The van der Waals surface area contributed by atoms with Crippen LogP contribution in [0.2, 0.25) is 0 Å². The highest BCUT2D eigenvalue weighted by molar-refractivity contribution is 5.95. The van der Waals surface area contributed by atoms with E-state index in [0.717, 1.165) is 31.3 Å². The van der Waals surface area contributed by atoms with Gasteiger partial charge in [0.1, 0.15) is 6.61 Å². The normalized spacial score (nSPS) is 16.6. The lowest BCUT2D eigenvalue weighted by Crippen LogP contribution is -2.64. The van der Waals surface area contributed by atoms with Crippen molar-refractivity contribution in [1.82, 2.24) is 14.7 Å². The number of benzene rings is 3. The topological polar surface area (TPSA) is 53.1 Å². The first kappa shape index (κ1) is 26.7. The summed E-state index contributed by atoms with van der Waals surface area (Å²) in [4.78, 5) is 31.3. The van der Waals surface area contributed by atoms with Crippen LogP contribution in [0.1, 0.15) is 31.8 Å². The molecule has 2 aliphatic rings. The minimum Gasteiger partial charge on any atom is -0.486 e. The first-order chi connectivity index (χ1) is 18.7. The Morgan fingerprint density at radius 1 is 0.795 bits per heavy atom. The largest absolute Gasteiger partial charge is 0.486 e. The van der Waals surface area contributed by atoms with Crippen molar-refractivity contribution in [2.24, 2.45) is 0 Å². The number of alkyl halides is 3. The third-order valence-corrected chi connectivity index (χ3v) is 7.14. The molecule has 10 heteroatoms. The summed E-state index contributed by atoms with van der Waals surface area (Å²) in [6.07, 6.45) is -4.43. The summed E-state index contributed by atoms with van der Waals surface area (Å²) in [6, 6.07) is 17.8. The Morgan fingerprint density at radius 3 is 2.05 bits per heavy atom. The fourth-order valence-corrected chi connectivity index (χ4v) is 4.79. The number of carbonyl (C=O) groups excluding carboxylic acids is 2. The molecule has 6 nitrogen and oxygen atoms in total. The van der Waals surface area contributed by atoms with Crippen molar-refractivity contribution in [2.45, 2.75) is 18.8 Å². The van der Waals surface area contributed by atoms with Gasteiger partial charge in [-0.2, -0.15) is 13.2 Å². The second-order valence-electron chi connectivity index (χ2n) is 9.69. The highest BCUT2D eigenvalue weighted by atomic mass is 19.4. The molecule has 5 rings (SSSR count). The molecule has 0 radical (unpaired) electrons. The van der Waals surface area contributed by atoms with E-state index in [9.17, 15) is 27.2 Å². The van der Waals surface area contributed by atoms with E-state index < -0.39 is 17.6 Å². The van der Waals surface area contributed by atoms with Crippen LogP contribution in [0, 0.1) is 5.82 Å². The van der Waals surface area contributed by atoms with E-state index in [1.54, 1.807) is 4.90 Å². The molecular weight excluding hydrogens is 514 g/mol. The van der Waals surface area contributed by atoms with Gasteiger partial charge in [-0.3, -0.25) is 14.5 Å². The Kier molecular flexibility index (Phi) is 7.56. The van der Waals surface area contributed by atoms with E-state index in [0.29, 0.717) is 37.3 Å².